The van der Waals surface area contributed by atoms with Gasteiger partial charge in [-0.05, 0) is 17.7 Å². The van der Waals surface area contributed by atoms with Crippen LogP contribution in [-0.4, -0.2) is 47.1 Å². The lowest BCUT2D eigenvalue weighted by molar-refractivity contribution is -0.385. The van der Waals surface area contributed by atoms with Crippen molar-refractivity contribution in [3.63, 3.8) is 0 Å². The van der Waals surface area contributed by atoms with E-state index in [0.29, 0.717) is 5.69 Å². The van der Waals surface area contributed by atoms with Crippen LogP contribution >= 0.6 is 0 Å². The molecule has 1 aliphatic heterocycles. The molecular weight excluding hydrogens is 322 g/mol. The summed E-state index contributed by atoms with van der Waals surface area (Å²) in [6.45, 7) is 4.10. The molecule has 25 heavy (non-hydrogen) atoms. The van der Waals surface area contributed by atoms with Crippen molar-refractivity contribution in [2.45, 2.75) is 6.54 Å². The van der Waals surface area contributed by atoms with Gasteiger partial charge in [0.2, 0.25) is 0 Å². The number of nitrogens with zero attached hydrogens (tertiary/aromatic N) is 3. The molecule has 1 aliphatic rings. The van der Waals surface area contributed by atoms with Gasteiger partial charge in [0.1, 0.15) is 5.56 Å². The van der Waals surface area contributed by atoms with Gasteiger partial charge < -0.3 is 10.0 Å². The van der Waals surface area contributed by atoms with Gasteiger partial charge in [-0.15, -0.1) is 0 Å². The van der Waals surface area contributed by atoms with Gasteiger partial charge in [0.05, 0.1) is 4.92 Å². The van der Waals surface area contributed by atoms with E-state index >= 15 is 0 Å². The average molecular weight is 341 g/mol. The first-order chi connectivity index (χ1) is 12.0. The van der Waals surface area contributed by atoms with Gasteiger partial charge in [0.25, 0.3) is 5.69 Å². The van der Waals surface area contributed by atoms with Gasteiger partial charge in [-0.3, -0.25) is 15.0 Å². The summed E-state index contributed by atoms with van der Waals surface area (Å²) in [6, 6.07) is 14.5. The molecule has 3 rings (SSSR count). The van der Waals surface area contributed by atoms with Gasteiger partial charge in [-0.25, -0.2) is 4.79 Å². The van der Waals surface area contributed by atoms with E-state index in [2.05, 4.69) is 21.9 Å². The summed E-state index contributed by atoms with van der Waals surface area (Å²) in [7, 11) is 0. The number of carboxylic acids is 1. The minimum atomic E-state index is -1.28. The molecule has 0 aromatic heterocycles. The van der Waals surface area contributed by atoms with Crippen LogP contribution in [0.25, 0.3) is 0 Å². The van der Waals surface area contributed by atoms with Crippen molar-refractivity contribution in [1.29, 1.82) is 0 Å². The first kappa shape index (κ1) is 16.9. The molecule has 1 fully saturated rings. The number of benzene rings is 2. The standard InChI is InChI=1S/C18H19N3O4/c22-18(23)16-12-15(6-7-17(16)21(24)25)20-10-8-19(9-11-20)13-14-4-2-1-3-5-14/h1-7,12H,8-11,13H2,(H,22,23). The molecule has 2 aromatic rings. The molecule has 7 heteroatoms. The van der Waals surface area contributed by atoms with Crippen LogP contribution in [0.3, 0.4) is 0 Å². The maximum absolute atomic E-state index is 11.3. The maximum atomic E-state index is 11.3. The number of carboxylic acid groups (broad SMARTS) is 1. The molecule has 1 saturated heterocycles. The molecule has 0 unspecified atom stereocenters. The highest BCUT2D eigenvalue weighted by Gasteiger charge is 2.23. The third-order valence-corrected chi connectivity index (χ3v) is 4.39. The van der Waals surface area contributed by atoms with Crippen LogP contribution < -0.4 is 4.90 Å². The van der Waals surface area contributed by atoms with Crippen molar-refractivity contribution >= 4 is 17.3 Å². The Labute approximate surface area is 145 Å². The highest BCUT2D eigenvalue weighted by Crippen LogP contribution is 2.26. The summed E-state index contributed by atoms with van der Waals surface area (Å²) in [6.07, 6.45) is 0. The van der Waals surface area contributed by atoms with Gasteiger partial charge >= 0.3 is 5.97 Å². The second kappa shape index (κ2) is 7.31. The zero-order valence-electron chi connectivity index (χ0n) is 13.7. The molecular formula is C18H19N3O4. The summed E-state index contributed by atoms with van der Waals surface area (Å²) in [4.78, 5) is 26.0. The Balaban J connectivity index is 1.67. The molecule has 1 N–H and O–H groups in total. The van der Waals surface area contributed by atoms with E-state index in [1.165, 1.54) is 17.7 Å². The molecule has 2 aromatic carbocycles. The van der Waals surface area contributed by atoms with Crippen molar-refractivity contribution in [2.24, 2.45) is 0 Å². The lowest BCUT2D eigenvalue weighted by Crippen LogP contribution is -2.46. The van der Waals surface area contributed by atoms with Crippen LogP contribution in [0.4, 0.5) is 11.4 Å². The Kier molecular flexibility index (Phi) is 4.95. The van der Waals surface area contributed by atoms with Crippen molar-refractivity contribution in [3.05, 3.63) is 69.8 Å². The molecule has 0 saturated carbocycles. The van der Waals surface area contributed by atoms with Crippen molar-refractivity contribution in [3.8, 4) is 0 Å². The second-order valence-electron chi connectivity index (χ2n) is 6.01. The topological polar surface area (TPSA) is 86.9 Å². The minimum Gasteiger partial charge on any atom is -0.477 e. The monoisotopic (exact) mass is 341 g/mol. The van der Waals surface area contributed by atoms with Crippen LogP contribution in [0, 0.1) is 10.1 Å². The fraction of sp³-hybridized carbons (Fsp3) is 0.278. The Morgan fingerprint density at radius 3 is 2.36 bits per heavy atom. The van der Waals surface area contributed by atoms with Crippen molar-refractivity contribution < 1.29 is 14.8 Å². The van der Waals surface area contributed by atoms with E-state index in [0.717, 1.165) is 32.7 Å². The van der Waals surface area contributed by atoms with Crippen molar-refractivity contribution in [1.82, 2.24) is 4.90 Å². The van der Waals surface area contributed by atoms with Gasteiger partial charge in [0, 0.05) is 44.5 Å². The molecule has 1 heterocycles. The van der Waals surface area contributed by atoms with Crippen LogP contribution in [0.1, 0.15) is 15.9 Å². The smallest absolute Gasteiger partial charge is 0.342 e. The van der Waals surface area contributed by atoms with E-state index in [1.54, 1.807) is 6.07 Å². The minimum absolute atomic E-state index is 0.269. The SMILES string of the molecule is O=C(O)c1cc(N2CCN(Cc3ccccc3)CC2)ccc1[N+](=O)[O-]. The molecule has 130 valence electrons. The first-order valence-corrected chi connectivity index (χ1v) is 8.07. The van der Waals surface area contributed by atoms with E-state index in [9.17, 15) is 20.0 Å². The van der Waals surface area contributed by atoms with Gasteiger partial charge in [0.15, 0.2) is 0 Å². The van der Waals surface area contributed by atoms with E-state index < -0.39 is 10.9 Å². The zero-order chi connectivity index (χ0) is 17.8. The highest BCUT2D eigenvalue weighted by atomic mass is 16.6. The van der Waals surface area contributed by atoms with E-state index in [1.807, 2.05) is 18.2 Å². The third kappa shape index (κ3) is 3.95. The van der Waals surface area contributed by atoms with Gasteiger partial charge in [-0.1, -0.05) is 30.3 Å². The number of carbonyl (C=O) groups is 1. The average Bonchev–Trinajstić information content (AvgIpc) is 2.62. The largest absolute Gasteiger partial charge is 0.477 e. The fourth-order valence-electron chi connectivity index (χ4n) is 3.06. The quantitative estimate of drug-likeness (QED) is 0.664. The summed E-state index contributed by atoms with van der Waals surface area (Å²) >= 11 is 0. The Bertz CT molecular complexity index is 771. The summed E-state index contributed by atoms with van der Waals surface area (Å²) < 4.78 is 0. The van der Waals surface area contributed by atoms with Gasteiger partial charge in [-0.2, -0.15) is 0 Å². The molecule has 0 aliphatic carbocycles. The normalized spacial score (nSPS) is 15.1. The number of anilines is 1. The highest BCUT2D eigenvalue weighted by molar-refractivity contribution is 5.93. The molecule has 0 spiro atoms. The molecule has 0 atom stereocenters. The number of rotatable bonds is 5. The number of nitro benzene ring substituents is 1. The molecule has 0 amide bonds. The van der Waals surface area contributed by atoms with Crippen molar-refractivity contribution in [2.75, 3.05) is 31.1 Å². The van der Waals surface area contributed by atoms with E-state index in [4.69, 9.17) is 0 Å². The summed E-state index contributed by atoms with van der Waals surface area (Å²) in [5.74, 6) is -1.28. The third-order valence-electron chi connectivity index (χ3n) is 4.39. The fourth-order valence-corrected chi connectivity index (χ4v) is 3.06. The molecule has 0 bridgehead atoms. The number of aromatic carboxylic acids is 1. The van der Waals surface area contributed by atoms with Crippen LogP contribution in [0.15, 0.2) is 48.5 Å². The predicted octanol–water partition coefficient (Wildman–Crippen LogP) is 2.62. The molecule has 7 nitrogen and oxygen atoms in total. The predicted molar refractivity (Wildman–Crippen MR) is 94.0 cm³/mol. The number of hydrogen-bond acceptors (Lipinski definition) is 5. The van der Waals surface area contributed by atoms with E-state index in [-0.39, 0.29) is 11.3 Å². The lowest BCUT2D eigenvalue weighted by atomic mass is 10.1. The Morgan fingerprint density at radius 2 is 1.76 bits per heavy atom. The summed E-state index contributed by atoms with van der Waals surface area (Å²) in [5, 5.41) is 20.2. The molecule has 0 radical (unpaired) electrons. The zero-order valence-corrected chi connectivity index (χ0v) is 13.7. The Hall–Kier alpha value is -2.93. The first-order valence-electron chi connectivity index (χ1n) is 8.07. The van der Waals surface area contributed by atoms with Crippen LogP contribution in [0.5, 0.6) is 0 Å². The summed E-state index contributed by atoms with van der Waals surface area (Å²) in [5.41, 5.74) is 1.33. The van der Waals surface area contributed by atoms with Crippen LogP contribution in [0.2, 0.25) is 0 Å². The maximum Gasteiger partial charge on any atom is 0.342 e. The number of nitro groups is 1. The van der Waals surface area contributed by atoms with Crippen LogP contribution in [-0.2, 0) is 6.54 Å². The lowest BCUT2D eigenvalue weighted by Gasteiger charge is -2.36. The number of piperazine rings is 1. The number of hydrogen-bond donors (Lipinski definition) is 1. The second-order valence-corrected chi connectivity index (χ2v) is 6.01. The Morgan fingerprint density at radius 1 is 1.08 bits per heavy atom.